The van der Waals surface area contributed by atoms with Gasteiger partial charge in [-0.1, -0.05) is 29.4 Å². The highest BCUT2D eigenvalue weighted by molar-refractivity contribution is 7.98. The van der Waals surface area contributed by atoms with Gasteiger partial charge in [0.05, 0.1) is 18.8 Å². The van der Waals surface area contributed by atoms with Crippen LogP contribution in [0.2, 0.25) is 5.15 Å². The van der Waals surface area contributed by atoms with E-state index in [1.54, 1.807) is 6.07 Å². The lowest BCUT2D eigenvalue weighted by Crippen LogP contribution is -2.48. The minimum absolute atomic E-state index is 0.0349. The largest absolute Gasteiger partial charge is 0.370 e. The van der Waals surface area contributed by atoms with Gasteiger partial charge in [-0.05, 0) is 13.2 Å². The molecule has 2 heterocycles. The molecule has 2 rings (SSSR count). The number of hydrogen-bond donors (Lipinski definition) is 0. The Labute approximate surface area is 116 Å². The quantitative estimate of drug-likeness (QED) is 0.369. The van der Waals surface area contributed by atoms with Gasteiger partial charge in [-0.3, -0.25) is 0 Å². The molecule has 1 aliphatic heterocycles. The number of thioether (sulfide) groups is 1. The summed E-state index contributed by atoms with van der Waals surface area (Å²) in [6.45, 7) is 7.28. The molecule has 1 aromatic rings. The van der Waals surface area contributed by atoms with Crippen LogP contribution in [0, 0.1) is 0 Å². The van der Waals surface area contributed by atoms with Crippen molar-refractivity contribution in [1.82, 2.24) is 9.97 Å². The molecule has 0 amide bonds. The van der Waals surface area contributed by atoms with Crippen LogP contribution in [-0.4, -0.2) is 41.5 Å². The number of aromatic nitrogens is 2. The molecule has 1 saturated heterocycles. The van der Waals surface area contributed by atoms with E-state index in [-0.39, 0.29) is 12.1 Å². The second-order valence-electron chi connectivity index (χ2n) is 4.14. The minimum Gasteiger partial charge on any atom is -0.370 e. The summed E-state index contributed by atoms with van der Waals surface area (Å²) in [6.07, 6.45) is 3.79. The maximum absolute atomic E-state index is 6.02. The first-order valence-electron chi connectivity index (χ1n) is 5.73. The summed E-state index contributed by atoms with van der Waals surface area (Å²) in [5.74, 6) is 0.849. The Kier molecular flexibility index (Phi) is 4.48. The maximum atomic E-state index is 6.02. The lowest BCUT2D eigenvalue weighted by molar-refractivity contribution is 0.0514. The van der Waals surface area contributed by atoms with Gasteiger partial charge in [0.2, 0.25) is 0 Å². The second kappa shape index (κ2) is 5.91. The first-order chi connectivity index (χ1) is 8.63. The SMILES string of the molecule is C=CC1CN(c2cc(Cl)nc(SC)n2)[C@@H](C)CO1. The Hall–Kier alpha value is -0.780. The molecular weight excluding hydrogens is 270 g/mol. The molecule has 2 atom stereocenters. The van der Waals surface area contributed by atoms with Gasteiger partial charge in [0.15, 0.2) is 5.16 Å². The summed E-state index contributed by atoms with van der Waals surface area (Å²) in [6, 6.07) is 2.06. The first kappa shape index (κ1) is 13.6. The zero-order chi connectivity index (χ0) is 13.1. The van der Waals surface area contributed by atoms with Gasteiger partial charge in [0.1, 0.15) is 11.0 Å². The van der Waals surface area contributed by atoms with Crippen molar-refractivity contribution in [3.05, 3.63) is 23.9 Å². The molecule has 6 heteroatoms. The molecule has 4 nitrogen and oxygen atoms in total. The summed E-state index contributed by atoms with van der Waals surface area (Å²) < 4.78 is 5.64. The Bertz CT molecular complexity index is 443. The lowest BCUT2D eigenvalue weighted by Gasteiger charge is -2.37. The summed E-state index contributed by atoms with van der Waals surface area (Å²) in [5, 5.41) is 1.16. The molecule has 1 aliphatic rings. The van der Waals surface area contributed by atoms with Gasteiger partial charge >= 0.3 is 0 Å². The average Bonchev–Trinajstić information content (AvgIpc) is 2.38. The van der Waals surface area contributed by atoms with Crippen LogP contribution in [-0.2, 0) is 4.74 Å². The minimum atomic E-state index is 0.0349. The fraction of sp³-hybridized carbons (Fsp3) is 0.500. The summed E-state index contributed by atoms with van der Waals surface area (Å²) in [5.41, 5.74) is 0. The highest BCUT2D eigenvalue weighted by atomic mass is 35.5. The van der Waals surface area contributed by atoms with Crippen molar-refractivity contribution in [2.24, 2.45) is 0 Å². The Balaban J connectivity index is 2.28. The third-order valence-electron chi connectivity index (χ3n) is 2.86. The number of ether oxygens (including phenoxy) is 1. The third-order valence-corrected chi connectivity index (χ3v) is 3.60. The van der Waals surface area contributed by atoms with E-state index in [1.807, 2.05) is 12.3 Å². The Morgan fingerprint density at radius 1 is 1.61 bits per heavy atom. The third kappa shape index (κ3) is 2.96. The highest BCUT2D eigenvalue weighted by Gasteiger charge is 2.26. The molecule has 0 radical (unpaired) electrons. The molecule has 0 spiro atoms. The molecular formula is C12H16ClN3OS. The van der Waals surface area contributed by atoms with Crippen LogP contribution in [0.4, 0.5) is 5.82 Å². The maximum Gasteiger partial charge on any atom is 0.190 e. The average molecular weight is 286 g/mol. The molecule has 0 aliphatic carbocycles. The van der Waals surface area contributed by atoms with Crippen molar-refractivity contribution in [2.45, 2.75) is 24.2 Å². The topological polar surface area (TPSA) is 38.2 Å². The van der Waals surface area contributed by atoms with E-state index in [2.05, 4.69) is 28.4 Å². The van der Waals surface area contributed by atoms with Crippen LogP contribution in [0.5, 0.6) is 0 Å². The molecule has 0 aromatic carbocycles. The van der Waals surface area contributed by atoms with Crippen molar-refractivity contribution in [3.63, 3.8) is 0 Å². The summed E-state index contributed by atoms with van der Waals surface area (Å²) in [4.78, 5) is 10.8. The van der Waals surface area contributed by atoms with Crippen LogP contribution in [0.25, 0.3) is 0 Å². The lowest BCUT2D eigenvalue weighted by atomic mass is 10.2. The number of morpholine rings is 1. The number of hydrogen-bond acceptors (Lipinski definition) is 5. The van der Waals surface area contributed by atoms with Crippen molar-refractivity contribution in [1.29, 1.82) is 0 Å². The smallest absolute Gasteiger partial charge is 0.190 e. The standard InChI is InChI=1S/C12H16ClN3OS/c1-4-9-6-16(8(2)7-17-9)11-5-10(13)14-12(15-11)18-3/h4-5,8-9H,1,6-7H2,2-3H3/t8-,9?/m0/s1. The molecule has 1 aromatic heterocycles. The van der Waals surface area contributed by atoms with Crippen molar-refractivity contribution in [2.75, 3.05) is 24.3 Å². The predicted octanol–water partition coefficient (Wildman–Crippen LogP) is 2.63. The van der Waals surface area contributed by atoms with Gasteiger partial charge in [0.25, 0.3) is 0 Å². The highest BCUT2D eigenvalue weighted by Crippen LogP contribution is 2.24. The number of rotatable bonds is 3. The normalized spacial score (nSPS) is 24.1. The van der Waals surface area contributed by atoms with E-state index in [0.717, 1.165) is 12.4 Å². The fourth-order valence-corrected chi connectivity index (χ4v) is 2.47. The van der Waals surface area contributed by atoms with Gasteiger partial charge < -0.3 is 9.64 Å². The van der Waals surface area contributed by atoms with Gasteiger partial charge in [-0.25, -0.2) is 9.97 Å². The van der Waals surface area contributed by atoms with E-state index >= 15 is 0 Å². The Morgan fingerprint density at radius 2 is 2.39 bits per heavy atom. The molecule has 1 unspecified atom stereocenters. The van der Waals surface area contributed by atoms with Crippen LogP contribution in [0.15, 0.2) is 23.9 Å². The summed E-state index contributed by atoms with van der Waals surface area (Å²) >= 11 is 7.51. The van der Waals surface area contributed by atoms with E-state index in [9.17, 15) is 0 Å². The van der Waals surface area contributed by atoms with E-state index in [1.165, 1.54) is 11.8 Å². The molecule has 18 heavy (non-hydrogen) atoms. The Morgan fingerprint density at radius 3 is 3.06 bits per heavy atom. The molecule has 0 N–H and O–H groups in total. The number of halogens is 1. The molecule has 0 bridgehead atoms. The summed E-state index contributed by atoms with van der Waals surface area (Å²) in [7, 11) is 0. The zero-order valence-corrected chi connectivity index (χ0v) is 12.0. The number of nitrogens with zero attached hydrogens (tertiary/aromatic N) is 3. The molecule has 1 fully saturated rings. The predicted molar refractivity (Wildman–Crippen MR) is 75.6 cm³/mol. The van der Waals surface area contributed by atoms with Crippen molar-refractivity contribution >= 4 is 29.2 Å². The van der Waals surface area contributed by atoms with Crippen LogP contribution in [0.3, 0.4) is 0 Å². The second-order valence-corrected chi connectivity index (χ2v) is 5.31. The number of anilines is 1. The van der Waals surface area contributed by atoms with E-state index in [4.69, 9.17) is 16.3 Å². The van der Waals surface area contributed by atoms with Crippen LogP contribution < -0.4 is 4.90 Å². The van der Waals surface area contributed by atoms with Gasteiger partial charge in [-0.2, -0.15) is 0 Å². The monoisotopic (exact) mass is 285 g/mol. The van der Waals surface area contributed by atoms with Gasteiger partial charge in [0, 0.05) is 12.6 Å². The van der Waals surface area contributed by atoms with Crippen LogP contribution >= 0.6 is 23.4 Å². The first-order valence-corrected chi connectivity index (χ1v) is 7.33. The van der Waals surface area contributed by atoms with Crippen molar-refractivity contribution < 1.29 is 4.74 Å². The van der Waals surface area contributed by atoms with Crippen molar-refractivity contribution in [3.8, 4) is 0 Å². The van der Waals surface area contributed by atoms with E-state index < -0.39 is 0 Å². The molecule has 0 saturated carbocycles. The van der Waals surface area contributed by atoms with Crippen LogP contribution in [0.1, 0.15) is 6.92 Å². The fourth-order valence-electron chi connectivity index (χ4n) is 1.87. The van der Waals surface area contributed by atoms with E-state index in [0.29, 0.717) is 16.9 Å². The molecule has 98 valence electrons. The zero-order valence-electron chi connectivity index (χ0n) is 10.5. The van der Waals surface area contributed by atoms with Gasteiger partial charge in [-0.15, -0.1) is 6.58 Å².